The molecule has 1 heterocycles. The van der Waals surface area contributed by atoms with E-state index in [1.807, 2.05) is 35.2 Å². The van der Waals surface area contributed by atoms with Crippen LogP contribution in [0, 0.1) is 0 Å². The number of hydrogen-bond donors (Lipinski definition) is 1. The minimum Gasteiger partial charge on any atom is -0.345 e. The van der Waals surface area contributed by atoms with Gasteiger partial charge in [-0.3, -0.25) is 9.59 Å². The van der Waals surface area contributed by atoms with Gasteiger partial charge < -0.3 is 10.2 Å². The van der Waals surface area contributed by atoms with E-state index >= 15 is 0 Å². The van der Waals surface area contributed by atoms with Crippen LogP contribution in [0.2, 0.25) is 0 Å². The maximum Gasteiger partial charge on any atom is 0.251 e. The molecule has 1 fully saturated rings. The van der Waals surface area contributed by atoms with E-state index in [1.165, 1.54) is 11.1 Å². The number of benzene rings is 2. The SMILES string of the molecule is O=C(N[C@@H]1CCCc2ccccc21)c1ccc(CN2CCCC2=O)cc1. The lowest BCUT2D eigenvalue weighted by Crippen LogP contribution is -2.31. The number of rotatable bonds is 4. The summed E-state index contributed by atoms with van der Waals surface area (Å²) >= 11 is 0. The second kappa shape index (κ2) is 7.32. The van der Waals surface area contributed by atoms with E-state index in [1.54, 1.807) is 0 Å². The van der Waals surface area contributed by atoms with Crippen LogP contribution in [0.25, 0.3) is 0 Å². The first-order valence-electron chi connectivity index (χ1n) is 9.46. The van der Waals surface area contributed by atoms with E-state index in [0.717, 1.165) is 37.8 Å². The largest absolute Gasteiger partial charge is 0.345 e. The summed E-state index contributed by atoms with van der Waals surface area (Å²) in [5.74, 6) is 0.193. The Balaban J connectivity index is 1.42. The molecule has 1 N–H and O–H groups in total. The molecule has 2 amide bonds. The molecule has 0 saturated carbocycles. The molecule has 1 saturated heterocycles. The number of nitrogens with zero attached hydrogens (tertiary/aromatic N) is 1. The monoisotopic (exact) mass is 348 g/mol. The van der Waals surface area contributed by atoms with Crippen molar-refractivity contribution >= 4 is 11.8 Å². The Morgan fingerprint density at radius 3 is 2.62 bits per heavy atom. The number of carbonyl (C=O) groups excluding carboxylic acids is 2. The fraction of sp³-hybridized carbons (Fsp3) is 0.364. The topological polar surface area (TPSA) is 49.4 Å². The van der Waals surface area contributed by atoms with Gasteiger partial charge in [0.05, 0.1) is 6.04 Å². The maximum atomic E-state index is 12.7. The minimum absolute atomic E-state index is 0.0319. The Bertz CT molecular complexity index is 813. The van der Waals surface area contributed by atoms with Crippen molar-refractivity contribution in [2.24, 2.45) is 0 Å². The average molecular weight is 348 g/mol. The molecule has 4 nitrogen and oxygen atoms in total. The first kappa shape index (κ1) is 16.8. The number of nitrogens with one attached hydrogen (secondary N) is 1. The molecular weight excluding hydrogens is 324 g/mol. The highest BCUT2D eigenvalue weighted by molar-refractivity contribution is 5.94. The third-order valence-corrected chi connectivity index (χ3v) is 5.44. The molecule has 0 aromatic heterocycles. The predicted molar refractivity (Wildman–Crippen MR) is 101 cm³/mol. The van der Waals surface area contributed by atoms with Crippen LogP contribution in [0.1, 0.15) is 58.8 Å². The smallest absolute Gasteiger partial charge is 0.251 e. The Morgan fingerprint density at radius 1 is 1.04 bits per heavy atom. The van der Waals surface area contributed by atoms with E-state index in [9.17, 15) is 9.59 Å². The molecule has 0 spiro atoms. The van der Waals surface area contributed by atoms with E-state index < -0.39 is 0 Å². The highest BCUT2D eigenvalue weighted by Crippen LogP contribution is 2.29. The second-order valence-corrected chi connectivity index (χ2v) is 7.23. The fourth-order valence-corrected chi connectivity index (χ4v) is 4.00. The molecule has 2 aromatic rings. The van der Waals surface area contributed by atoms with Gasteiger partial charge in [-0.15, -0.1) is 0 Å². The van der Waals surface area contributed by atoms with Gasteiger partial charge in [-0.1, -0.05) is 36.4 Å². The van der Waals surface area contributed by atoms with E-state index in [0.29, 0.717) is 18.5 Å². The standard InChI is InChI=1S/C22H24N2O2/c25-21-9-4-14-24(21)15-16-10-12-18(13-11-16)22(26)23-20-8-3-6-17-5-1-2-7-19(17)20/h1-2,5,7,10-13,20H,3-4,6,8-9,14-15H2,(H,23,26)/t20-/m1/s1. The predicted octanol–water partition coefficient (Wildman–Crippen LogP) is 3.62. The molecule has 2 aromatic carbocycles. The van der Waals surface area contributed by atoms with Gasteiger partial charge >= 0.3 is 0 Å². The van der Waals surface area contributed by atoms with Crippen molar-refractivity contribution in [2.45, 2.75) is 44.7 Å². The van der Waals surface area contributed by atoms with E-state index in [2.05, 4.69) is 23.5 Å². The number of carbonyl (C=O) groups is 2. The zero-order valence-electron chi connectivity index (χ0n) is 14.9. The highest BCUT2D eigenvalue weighted by Gasteiger charge is 2.22. The van der Waals surface area contributed by atoms with Gasteiger partial charge in [0.1, 0.15) is 0 Å². The highest BCUT2D eigenvalue weighted by atomic mass is 16.2. The number of fused-ring (bicyclic) bond motifs is 1. The Hall–Kier alpha value is -2.62. The molecule has 0 radical (unpaired) electrons. The summed E-state index contributed by atoms with van der Waals surface area (Å²) < 4.78 is 0. The Labute approximate surface area is 154 Å². The molecule has 1 aliphatic heterocycles. The van der Waals surface area contributed by atoms with Crippen LogP contribution in [0.15, 0.2) is 48.5 Å². The molecule has 134 valence electrons. The third-order valence-electron chi connectivity index (χ3n) is 5.44. The molecular formula is C22H24N2O2. The van der Waals surface area contributed by atoms with Gasteiger partial charge in [0.15, 0.2) is 0 Å². The summed E-state index contributed by atoms with van der Waals surface area (Å²) in [4.78, 5) is 26.3. The van der Waals surface area contributed by atoms with E-state index in [4.69, 9.17) is 0 Å². The van der Waals surface area contributed by atoms with Gasteiger partial charge in [0, 0.05) is 25.1 Å². The van der Waals surface area contributed by atoms with Crippen molar-refractivity contribution in [3.05, 3.63) is 70.8 Å². The second-order valence-electron chi connectivity index (χ2n) is 7.23. The van der Waals surface area contributed by atoms with E-state index in [-0.39, 0.29) is 17.9 Å². The lowest BCUT2D eigenvalue weighted by atomic mass is 9.87. The number of aryl methyl sites for hydroxylation is 1. The molecule has 1 aliphatic carbocycles. The molecule has 4 heteroatoms. The normalized spacial score (nSPS) is 19.3. The van der Waals surface area contributed by atoms with Gasteiger partial charge in [-0.2, -0.15) is 0 Å². The summed E-state index contributed by atoms with van der Waals surface area (Å²) in [6, 6.07) is 16.1. The van der Waals surface area contributed by atoms with Gasteiger partial charge in [0.25, 0.3) is 5.91 Å². The summed E-state index contributed by atoms with van der Waals surface area (Å²) in [6.07, 6.45) is 4.78. The molecule has 26 heavy (non-hydrogen) atoms. The zero-order chi connectivity index (χ0) is 17.9. The Morgan fingerprint density at radius 2 is 1.85 bits per heavy atom. The first-order valence-corrected chi connectivity index (χ1v) is 9.46. The molecule has 4 rings (SSSR count). The van der Waals surface area contributed by atoms with Crippen LogP contribution in [0.3, 0.4) is 0 Å². The third kappa shape index (κ3) is 3.50. The molecule has 1 atom stereocenters. The van der Waals surface area contributed by atoms with Crippen LogP contribution in [-0.4, -0.2) is 23.3 Å². The van der Waals surface area contributed by atoms with Crippen molar-refractivity contribution < 1.29 is 9.59 Å². The lowest BCUT2D eigenvalue weighted by molar-refractivity contribution is -0.128. The van der Waals surface area contributed by atoms with Gasteiger partial charge in [0.2, 0.25) is 5.91 Å². The zero-order valence-corrected chi connectivity index (χ0v) is 14.9. The van der Waals surface area contributed by atoms with Crippen molar-refractivity contribution in [2.75, 3.05) is 6.54 Å². The van der Waals surface area contributed by atoms with Crippen molar-refractivity contribution in [3.63, 3.8) is 0 Å². The average Bonchev–Trinajstić information content (AvgIpc) is 3.07. The van der Waals surface area contributed by atoms with Crippen molar-refractivity contribution in [1.29, 1.82) is 0 Å². The quantitative estimate of drug-likeness (QED) is 0.917. The minimum atomic E-state index is -0.0319. The van der Waals surface area contributed by atoms with Crippen molar-refractivity contribution in [3.8, 4) is 0 Å². The van der Waals surface area contributed by atoms with Crippen LogP contribution in [-0.2, 0) is 17.8 Å². The molecule has 0 unspecified atom stereocenters. The van der Waals surface area contributed by atoms with Crippen LogP contribution in [0.4, 0.5) is 0 Å². The maximum absolute atomic E-state index is 12.7. The van der Waals surface area contributed by atoms with Crippen LogP contribution >= 0.6 is 0 Å². The lowest BCUT2D eigenvalue weighted by Gasteiger charge is -2.26. The van der Waals surface area contributed by atoms with Gasteiger partial charge in [-0.25, -0.2) is 0 Å². The number of amides is 2. The summed E-state index contributed by atoms with van der Waals surface area (Å²) in [5.41, 5.74) is 4.33. The fourth-order valence-electron chi connectivity index (χ4n) is 4.00. The van der Waals surface area contributed by atoms with Crippen molar-refractivity contribution in [1.82, 2.24) is 10.2 Å². The summed E-state index contributed by atoms with van der Waals surface area (Å²) in [5, 5.41) is 3.19. The molecule has 0 bridgehead atoms. The summed E-state index contributed by atoms with van der Waals surface area (Å²) in [7, 11) is 0. The first-order chi connectivity index (χ1) is 12.7. The number of hydrogen-bond acceptors (Lipinski definition) is 2. The number of likely N-dealkylation sites (tertiary alicyclic amines) is 1. The van der Waals surface area contributed by atoms with Crippen LogP contribution in [0.5, 0.6) is 0 Å². The molecule has 2 aliphatic rings. The van der Waals surface area contributed by atoms with Gasteiger partial charge in [-0.05, 0) is 54.5 Å². The Kier molecular flexibility index (Phi) is 4.74. The van der Waals surface area contributed by atoms with Crippen LogP contribution < -0.4 is 5.32 Å². The summed E-state index contributed by atoms with van der Waals surface area (Å²) in [6.45, 7) is 1.47.